The normalized spacial score (nSPS) is 10.9. The van der Waals surface area contributed by atoms with Gasteiger partial charge in [-0.2, -0.15) is 5.10 Å². The molecule has 0 aliphatic heterocycles. The van der Waals surface area contributed by atoms with Gasteiger partial charge in [0, 0.05) is 25.5 Å². The Balaban J connectivity index is 0.00000261. The van der Waals surface area contributed by atoms with E-state index in [1.165, 1.54) is 16.7 Å². The smallest absolute Gasteiger partial charge is 0.191 e. The van der Waals surface area contributed by atoms with E-state index in [0.29, 0.717) is 6.54 Å². The Kier molecular flexibility index (Phi) is 8.83. The van der Waals surface area contributed by atoms with E-state index in [2.05, 4.69) is 59.1 Å². The van der Waals surface area contributed by atoms with Gasteiger partial charge in [-0.05, 0) is 29.7 Å². The summed E-state index contributed by atoms with van der Waals surface area (Å²) >= 11 is 0. The molecule has 0 bridgehead atoms. The summed E-state index contributed by atoms with van der Waals surface area (Å²) < 4.78 is 1.92. The average molecular weight is 475 g/mol. The molecular weight excluding hydrogens is 449 g/mol. The molecule has 0 saturated heterocycles. The van der Waals surface area contributed by atoms with Crippen molar-refractivity contribution >= 4 is 29.9 Å². The molecule has 0 saturated carbocycles. The molecule has 0 unspecified atom stereocenters. The molecule has 2 N–H and O–H groups in total. The van der Waals surface area contributed by atoms with Crippen molar-refractivity contribution < 1.29 is 0 Å². The first kappa shape index (κ1) is 21.0. The first-order valence-corrected chi connectivity index (χ1v) is 8.95. The Bertz CT molecular complexity index is 816. The Labute approximate surface area is 177 Å². The Hall–Kier alpha value is -2.35. The van der Waals surface area contributed by atoms with E-state index < -0.39 is 0 Å². The minimum Gasteiger partial charge on any atom is -0.357 e. The highest BCUT2D eigenvalue weighted by molar-refractivity contribution is 14.0. The third-order valence-corrected chi connectivity index (χ3v) is 3.96. The van der Waals surface area contributed by atoms with Gasteiger partial charge in [0.05, 0.1) is 13.1 Å². The van der Waals surface area contributed by atoms with E-state index >= 15 is 0 Å². The molecule has 0 amide bonds. The summed E-state index contributed by atoms with van der Waals surface area (Å²) in [6.45, 7) is 5.07. The van der Waals surface area contributed by atoms with Crippen molar-refractivity contribution in [3.05, 3.63) is 89.7 Å². The molecule has 142 valence electrons. The van der Waals surface area contributed by atoms with Crippen LogP contribution in [0.1, 0.15) is 23.6 Å². The summed E-state index contributed by atoms with van der Waals surface area (Å²) in [6.07, 6.45) is 3.77. The van der Waals surface area contributed by atoms with Crippen LogP contribution in [0.25, 0.3) is 0 Å². The zero-order valence-corrected chi connectivity index (χ0v) is 17.8. The number of aromatic nitrogens is 2. The maximum atomic E-state index is 4.71. The standard InChI is InChI=1S/C21H25N5.HI/c1-2-22-21(23-15-18-8-4-3-5-9-18)24-16-19-10-6-11-20(14-19)17-26-13-7-12-25-26;/h3-14H,2,15-17H2,1H3,(H2,22,23,24);1H. The van der Waals surface area contributed by atoms with Crippen molar-refractivity contribution in [3.8, 4) is 0 Å². The van der Waals surface area contributed by atoms with Gasteiger partial charge in [-0.1, -0.05) is 54.6 Å². The van der Waals surface area contributed by atoms with Gasteiger partial charge in [-0.15, -0.1) is 24.0 Å². The summed E-state index contributed by atoms with van der Waals surface area (Å²) in [5.41, 5.74) is 3.65. The quantitative estimate of drug-likeness (QED) is 0.311. The molecule has 1 aromatic heterocycles. The fourth-order valence-electron chi connectivity index (χ4n) is 2.70. The molecular formula is C21H26IN5. The van der Waals surface area contributed by atoms with Crippen LogP contribution in [0.5, 0.6) is 0 Å². The zero-order chi connectivity index (χ0) is 18.0. The van der Waals surface area contributed by atoms with Gasteiger partial charge >= 0.3 is 0 Å². The molecule has 27 heavy (non-hydrogen) atoms. The van der Waals surface area contributed by atoms with E-state index in [-0.39, 0.29) is 24.0 Å². The largest absolute Gasteiger partial charge is 0.357 e. The van der Waals surface area contributed by atoms with Crippen LogP contribution in [0.3, 0.4) is 0 Å². The van der Waals surface area contributed by atoms with Gasteiger partial charge in [-0.25, -0.2) is 4.99 Å². The van der Waals surface area contributed by atoms with E-state index in [0.717, 1.165) is 25.6 Å². The van der Waals surface area contributed by atoms with Crippen molar-refractivity contribution in [3.63, 3.8) is 0 Å². The highest BCUT2D eigenvalue weighted by Crippen LogP contribution is 2.08. The topological polar surface area (TPSA) is 54.2 Å². The van der Waals surface area contributed by atoms with Crippen LogP contribution in [-0.2, 0) is 19.6 Å². The second-order valence-electron chi connectivity index (χ2n) is 6.06. The van der Waals surface area contributed by atoms with Crippen LogP contribution in [0.4, 0.5) is 0 Å². The van der Waals surface area contributed by atoms with Gasteiger partial charge in [0.25, 0.3) is 0 Å². The molecule has 1 heterocycles. The molecule has 0 aliphatic carbocycles. The molecule has 0 atom stereocenters. The molecule has 5 nitrogen and oxygen atoms in total. The number of nitrogens with one attached hydrogen (secondary N) is 2. The Morgan fingerprint density at radius 3 is 2.48 bits per heavy atom. The highest BCUT2D eigenvalue weighted by atomic mass is 127. The number of aliphatic imine (C=N–C) groups is 1. The van der Waals surface area contributed by atoms with Crippen molar-refractivity contribution in [2.75, 3.05) is 6.54 Å². The van der Waals surface area contributed by atoms with Crippen molar-refractivity contribution in [2.45, 2.75) is 26.6 Å². The third kappa shape index (κ3) is 7.05. The number of guanidine groups is 1. The number of hydrogen-bond acceptors (Lipinski definition) is 2. The van der Waals surface area contributed by atoms with Crippen molar-refractivity contribution in [1.29, 1.82) is 0 Å². The minimum atomic E-state index is 0. The van der Waals surface area contributed by atoms with Crippen molar-refractivity contribution in [2.24, 2.45) is 4.99 Å². The summed E-state index contributed by atoms with van der Waals surface area (Å²) in [7, 11) is 0. The van der Waals surface area contributed by atoms with E-state index in [1.807, 2.05) is 35.1 Å². The number of nitrogens with zero attached hydrogens (tertiary/aromatic N) is 3. The highest BCUT2D eigenvalue weighted by Gasteiger charge is 2.00. The Morgan fingerprint density at radius 2 is 1.74 bits per heavy atom. The van der Waals surface area contributed by atoms with Crippen LogP contribution in [-0.4, -0.2) is 22.3 Å². The fraction of sp³-hybridized carbons (Fsp3) is 0.238. The number of rotatable bonds is 7. The second-order valence-corrected chi connectivity index (χ2v) is 6.06. The lowest BCUT2D eigenvalue weighted by Crippen LogP contribution is -2.36. The summed E-state index contributed by atoms with van der Waals surface area (Å²) in [5.74, 6) is 0.828. The molecule has 0 fully saturated rings. The number of hydrogen-bond donors (Lipinski definition) is 2. The lowest BCUT2D eigenvalue weighted by atomic mass is 10.1. The van der Waals surface area contributed by atoms with Gasteiger partial charge in [0.1, 0.15) is 0 Å². The monoisotopic (exact) mass is 475 g/mol. The summed E-state index contributed by atoms with van der Waals surface area (Å²) in [4.78, 5) is 4.71. The van der Waals surface area contributed by atoms with Crippen LogP contribution in [0, 0.1) is 0 Å². The van der Waals surface area contributed by atoms with Gasteiger partial charge in [-0.3, -0.25) is 4.68 Å². The predicted molar refractivity (Wildman–Crippen MR) is 121 cm³/mol. The lowest BCUT2D eigenvalue weighted by molar-refractivity contribution is 0.686. The van der Waals surface area contributed by atoms with E-state index in [1.54, 1.807) is 6.20 Å². The molecule has 0 radical (unpaired) electrons. The Morgan fingerprint density at radius 1 is 0.963 bits per heavy atom. The molecule has 6 heteroatoms. The minimum absolute atomic E-state index is 0. The van der Waals surface area contributed by atoms with Gasteiger partial charge in [0.2, 0.25) is 0 Å². The van der Waals surface area contributed by atoms with Gasteiger partial charge < -0.3 is 10.6 Å². The molecule has 3 aromatic rings. The van der Waals surface area contributed by atoms with E-state index in [4.69, 9.17) is 4.99 Å². The van der Waals surface area contributed by atoms with Crippen LogP contribution in [0.2, 0.25) is 0 Å². The van der Waals surface area contributed by atoms with Crippen LogP contribution < -0.4 is 10.6 Å². The maximum absolute atomic E-state index is 4.71. The molecule has 3 rings (SSSR count). The first-order chi connectivity index (χ1) is 12.8. The summed E-state index contributed by atoms with van der Waals surface area (Å²) in [6, 6.07) is 20.8. The third-order valence-electron chi connectivity index (χ3n) is 3.96. The SMILES string of the molecule is CCNC(=NCc1cccc(Cn2cccn2)c1)NCc1ccccc1.I. The lowest BCUT2D eigenvalue weighted by Gasteiger charge is -2.11. The number of halogens is 1. The molecule has 0 aliphatic rings. The number of benzene rings is 2. The maximum Gasteiger partial charge on any atom is 0.191 e. The van der Waals surface area contributed by atoms with E-state index in [9.17, 15) is 0 Å². The molecule has 0 spiro atoms. The van der Waals surface area contributed by atoms with Crippen molar-refractivity contribution in [1.82, 2.24) is 20.4 Å². The van der Waals surface area contributed by atoms with Crippen LogP contribution in [0.15, 0.2) is 78.0 Å². The van der Waals surface area contributed by atoms with Gasteiger partial charge in [0.15, 0.2) is 5.96 Å². The zero-order valence-electron chi connectivity index (χ0n) is 15.5. The average Bonchev–Trinajstić information content (AvgIpc) is 3.18. The molecule has 2 aromatic carbocycles. The predicted octanol–water partition coefficient (Wildman–Crippen LogP) is 3.80. The summed E-state index contributed by atoms with van der Waals surface area (Å²) in [5, 5.41) is 10.9. The van der Waals surface area contributed by atoms with Crippen LogP contribution >= 0.6 is 24.0 Å². The second kappa shape index (κ2) is 11.4. The first-order valence-electron chi connectivity index (χ1n) is 8.95. The fourth-order valence-corrected chi connectivity index (χ4v) is 2.70.